The van der Waals surface area contributed by atoms with E-state index in [1.165, 1.54) is 29.7 Å². The zero-order valence-electron chi connectivity index (χ0n) is 23.1. The van der Waals surface area contributed by atoms with Gasteiger partial charge in [-0.05, 0) is 49.6 Å². The highest BCUT2D eigenvalue weighted by molar-refractivity contribution is 7.16. The topological polar surface area (TPSA) is 90.0 Å². The molecule has 1 aromatic carbocycles. The molecule has 3 fully saturated rings. The molecule has 0 radical (unpaired) electrons. The maximum Gasteiger partial charge on any atom is 0.228 e. The van der Waals surface area contributed by atoms with Crippen molar-refractivity contribution in [2.24, 2.45) is 5.92 Å². The van der Waals surface area contributed by atoms with Gasteiger partial charge < -0.3 is 19.4 Å². The van der Waals surface area contributed by atoms with Gasteiger partial charge in [0.25, 0.3) is 0 Å². The summed E-state index contributed by atoms with van der Waals surface area (Å²) < 4.78 is 36.0. The SMILES string of the molecule is CN(c1nc(-c2ccc(F)cc2)c(C#N)s1)c1c(C2CC2)nn2cc(F)c(N3CCN(C(=O)[C@H]4CCOC4)CC3)cc12. The van der Waals surface area contributed by atoms with E-state index in [0.29, 0.717) is 66.3 Å². The lowest BCUT2D eigenvalue weighted by Crippen LogP contribution is -2.50. The summed E-state index contributed by atoms with van der Waals surface area (Å²) in [5.41, 5.74) is 4.08. The molecule has 0 N–H and O–H groups in total. The van der Waals surface area contributed by atoms with E-state index in [1.54, 1.807) is 16.6 Å². The van der Waals surface area contributed by atoms with Crippen molar-refractivity contribution in [2.75, 3.05) is 56.2 Å². The fourth-order valence-electron chi connectivity index (χ4n) is 5.86. The molecule has 7 rings (SSSR count). The number of nitrogens with zero attached hydrogens (tertiary/aromatic N) is 7. The Morgan fingerprint density at radius 3 is 2.57 bits per heavy atom. The Labute approximate surface area is 245 Å². The number of rotatable bonds is 6. The highest BCUT2D eigenvalue weighted by atomic mass is 32.1. The number of benzene rings is 1. The number of hydrogen-bond donors (Lipinski definition) is 0. The molecule has 216 valence electrons. The summed E-state index contributed by atoms with van der Waals surface area (Å²) >= 11 is 1.25. The molecular formula is C30H29F2N7O2S. The van der Waals surface area contributed by atoms with Crippen LogP contribution in [0.3, 0.4) is 0 Å². The second kappa shape index (κ2) is 10.6. The predicted octanol–water partition coefficient (Wildman–Crippen LogP) is 4.94. The van der Waals surface area contributed by atoms with Crippen molar-refractivity contribution in [3.05, 3.63) is 58.7 Å². The van der Waals surface area contributed by atoms with Crippen molar-refractivity contribution in [3.8, 4) is 17.3 Å². The first-order chi connectivity index (χ1) is 20.4. The minimum absolute atomic E-state index is 0.0775. The minimum Gasteiger partial charge on any atom is -0.381 e. The van der Waals surface area contributed by atoms with E-state index in [9.17, 15) is 14.4 Å². The van der Waals surface area contributed by atoms with Crippen LogP contribution in [-0.4, -0.2) is 71.8 Å². The molecule has 0 unspecified atom stereocenters. The number of piperazine rings is 1. The first-order valence-corrected chi connectivity index (χ1v) is 15.0. The number of nitriles is 1. The molecule has 1 atom stereocenters. The van der Waals surface area contributed by atoms with Crippen molar-refractivity contribution in [1.29, 1.82) is 5.26 Å². The zero-order valence-corrected chi connectivity index (χ0v) is 23.9. The number of halogens is 2. The first-order valence-electron chi connectivity index (χ1n) is 14.1. The zero-order chi connectivity index (χ0) is 29.0. The van der Waals surface area contributed by atoms with Crippen molar-refractivity contribution < 1.29 is 18.3 Å². The van der Waals surface area contributed by atoms with Gasteiger partial charge in [-0.1, -0.05) is 11.3 Å². The molecule has 5 heterocycles. The number of anilines is 3. The number of pyridine rings is 1. The van der Waals surface area contributed by atoms with Crippen LogP contribution in [0.5, 0.6) is 0 Å². The van der Waals surface area contributed by atoms with E-state index >= 15 is 4.39 Å². The number of carbonyl (C=O) groups is 1. The standard InChI is InChI=1S/C30H29F2N7O2S/c1-36(30-34-26(25(15-33)42-30)18-4-6-21(31)7-5-18)28-24-14-23(22(32)16-39(24)35-27(28)19-2-3-19)37-9-11-38(12-10-37)29(40)20-8-13-41-17-20/h4-7,14,16,19-20H,2-3,8-13,17H2,1H3/t20-/m0/s1. The maximum atomic E-state index is 15.5. The Morgan fingerprint density at radius 2 is 1.90 bits per heavy atom. The van der Waals surface area contributed by atoms with Crippen LogP contribution in [0.4, 0.5) is 25.3 Å². The fourth-order valence-corrected chi connectivity index (χ4v) is 6.72. The third-order valence-electron chi connectivity index (χ3n) is 8.33. The quantitative estimate of drug-likeness (QED) is 0.315. The number of amides is 1. The third kappa shape index (κ3) is 4.76. The lowest BCUT2D eigenvalue weighted by atomic mass is 10.1. The number of ether oxygens (including phenoxy) is 1. The van der Waals surface area contributed by atoms with Crippen LogP contribution in [0.2, 0.25) is 0 Å². The van der Waals surface area contributed by atoms with Crippen LogP contribution >= 0.6 is 11.3 Å². The number of aromatic nitrogens is 3. The summed E-state index contributed by atoms with van der Waals surface area (Å²) in [6, 6.07) is 10.00. The Morgan fingerprint density at radius 1 is 1.14 bits per heavy atom. The van der Waals surface area contributed by atoms with Gasteiger partial charge in [-0.2, -0.15) is 10.4 Å². The van der Waals surface area contributed by atoms with Gasteiger partial charge in [0.05, 0.1) is 41.3 Å². The molecule has 9 nitrogen and oxygen atoms in total. The molecule has 2 aliphatic heterocycles. The number of thiazole rings is 1. The molecule has 3 aromatic heterocycles. The largest absolute Gasteiger partial charge is 0.381 e. The van der Waals surface area contributed by atoms with Crippen LogP contribution < -0.4 is 9.80 Å². The Balaban J connectivity index is 1.21. The lowest BCUT2D eigenvalue weighted by Gasteiger charge is -2.37. The first kappa shape index (κ1) is 26.8. The molecule has 2 saturated heterocycles. The van der Waals surface area contributed by atoms with Crippen LogP contribution in [-0.2, 0) is 9.53 Å². The van der Waals surface area contributed by atoms with Gasteiger partial charge in [-0.3, -0.25) is 4.79 Å². The Kier molecular flexibility index (Phi) is 6.79. The van der Waals surface area contributed by atoms with Crippen molar-refractivity contribution in [3.63, 3.8) is 0 Å². The molecule has 12 heteroatoms. The predicted molar refractivity (Wildman–Crippen MR) is 155 cm³/mol. The Bertz CT molecular complexity index is 1700. The van der Waals surface area contributed by atoms with Crippen LogP contribution in [0.1, 0.15) is 35.8 Å². The van der Waals surface area contributed by atoms with Crippen LogP contribution in [0, 0.1) is 28.9 Å². The molecule has 0 bridgehead atoms. The number of hydrogen-bond acceptors (Lipinski definition) is 8. The maximum absolute atomic E-state index is 15.5. The minimum atomic E-state index is -0.370. The van der Waals surface area contributed by atoms with E-state index < -0.39 is 0 Å². The van der Waals surface area contributed by atoms with E-state index in [1.807, 2.05) is 27.8 Å². The third-order valence-corrected chi connectivity index (χ3v) is 9.37. The molecule has 1 amide bonds. The fraction of sp³-hybridized carbons (Fsp3) is 0.400. The van der Waals surface area contributed by atoms with Crippen molar-refractivity contribution in [1.82, 2.24) is 19.5 Å². The number of carbonyl (C=O) groups excluding carboxylic acids is 1. The summed E-state index contributed by atoms with van der Waals surface area (Å²) in [6.45, 7) is 3.22. The van der Waals surface area contributed by atoms with Gasteiger partial charge in [0, 0.05) is 51.3 Å². The van der Waals surface area contributed by atoms with E-state index in [2.05, 4.69) is 6.07 Å². The highest BCUT2D eigenvalue weighted by Gasteiger charge is 2.35. The van der Waals surface area contributed by atoms with Gasteiger partial charge in [-0.15, -0.1) is 0 Å². The lowest BCUT2D eigenvalue weighted by molar-refractivity contribution is -0.135. The molecule has 4 aromatic rings. The summed E-state index contributed by atoms with van der Waals surface area (Å²) in [6.07, 6.45) is 4.19. The second-order valence-electron chi connectivity index (χ2n) is 11.1. The van der Waals surface area contributed by atoms with Gasteiger partial charge in [0.2, 0.25) is 5.91 Å². The summed E-state index contributed by atoms with van der Waals surface area (Å²) in [4.78, 5) is 23.8. The van der Waals surface area contributed by atoms with Crippen molar-refractivity contribution in [2.45, 2.75) is 25.2 Å². The van der Waals surface area contributed by atoms with E-state index in [-0.39, 0.29) is 29.4 Å². The summed E-state index contributed by atoms with van der Waals surface area (Å²) in [5.74, 6) is -0.409. The normalized spacial score (nSPS) is 19.0. The molecule has 3 aliphatic rings. The molecule has 1 aliphatic carbocycles. The highest BCUT2D eigenvalue weighted by Crippen LogP contribution is 2.48. The van der Waals surface area contributed by atoms with Gasteiger partial charge in [0.15, 0.2) is 10.9 Å². The summed E-state index contributed by atoms with van der Waals surface area (Å²) in [7, 11) is 1.89. The molecule has 1 saturated carbocycles. The average Bonchev–Trinajstić information content (AvgIpc) is 3.38. The smallest absolute Gasteiger partial charge is 0.228 e. The monoisotopic (exact) mass is 589 g/mol. The van der Waals surface area contributed by atoms with Crippen LogP contribution in [0.25, 0.3) is 16.8 Å². The molecule has 0 spiro atoms. The number of fused-ring (bicyclic) bond motifs is 1. The van der Waals surface area contributed by atoms with Crippen molar-refractivity contribution >= 4 is 39.3 Å². The van der Waals surface area contributed by atoms with E-state index in [4.69, 9.17) is 14.8 Å². The van der Waals surface area contributed by atoms with Crippen LogP contribution in [0.15, 0.2) is 36.5 Å². The second-order valence-corrected chi connectivity index (χ2v) is 12.0. The molecular weight excluding hydrogens is 560 g/mol. The Hall–Kier alpha value is -4.08. The average molecular weight is 590 g/mol. The van der Waals surface area contributed by atoms with E-state index in [0.717, 1.165) is 36.2 Å². The molecule has 42 heavy (non-hydrogen) atoms. The summed E-state index contributed by atoms with van der Waals surface area (Å²) in [5, 5.41) is 15.2. The van der Waals surface area contributed by atoms with Gasteiger partial charge in [-0.25, -0.2) is 18.3 Å². The van der Waals surface area contributed by atoms with Gasteiger partial charge >= 0.3 is 0 Å². The van der Waals surface area contributed by atoms with Gasteiger partial charge in [0.1, 0.15) is 22.5 Å².